The molecule has 0 radical (unpaired) electrons. The lowest BCUT2D eigenvalue weighted by Gasteiger charge is -2.14. The number of para-hydroxylation sites is 3. The molecule has 0 saturated carbocycles. The van der Waals surface area contributed by atoms with E-state index in [1.807, 2.05) is 89.5 Å². The van der Waals surface area contributed by atoms with E-state index >= 15 is 0 Å². The van der Waals surface area contributed by atoms with Crippen molar-refractivity contribution in [2.24, 2.45) is 4.99 Å². The average molecular weight is 451 g/mol. The Balaban J connectivity index is 1.44. The summed E-state index contributed by atoms with van der Waals surface area (Å²) in [6.45, 7) is 0.878. The van der Waals surface area contributed by atoms with Gasteiger partial charge >= 0.3 is 0 Å². The Hall–Kier alpha value is -3.13. The lowest BCUT2D eigenvalue weighted by atomic mass is 10.3. The van der Waals surface area contributed by atoms with Gasteiger partial charge in [-0.2, -0.15) is 0 Å². The third-order valence-electron chi connectivity index (χ3n) is 4.79. The van der Waals surface area contributed by atoms with E-state index in [1.165, 1.54) is 11.3 Å². The standard InChI is InChI=1S/C25H26N2O4S/c28-19(17-30-21-9-3-1-4-10-21)15-26-25-27(23-13-7-8-14-24(23)32-25)16-20(29)18-31-22-11-5-2-6-12-22/h1-14,19-20,28-29H,15-18H2/t19-,20-/m1/s1. The van der Waals surface area contributed by atoms with Gasteiger partial charge in [0.1, 0.15) is 36.9 Å². The molecule has 32 heavy (non-hydrogen) atoms. The van der Waals surface area contributed by atoms with Crippen molar-refractivity contribution in [2.45, 2.75) is 18.8 Å². The van der Waals surface area contributed by atoms with Gasteiger partial charge in [0.05, 0.1) is 23.3 Å². The Morgan fingerprint density at radius 1 is 0.750 bits per heavy atom. The third-order valence-corrected chi connectivity index (χ3v) is 5.89. The zero-order valence-corrected chi connectivity index (χ0v) is 18.4. The Kier molecular flexibility index (Phi) is 7.55. The second-order valence-electron chi connectivity index (χ2n) is 7.36. The number of hydrogen-bond acceptors (Lipinski definition) is 6. The predicted octanol–water partition coefficient (Wildman–Crippen LogP) is 3.48. The summed E-state index contributed by atoms with van der Waals surface area (Å²) >= 11 is 1.53. The van der Waals surface area contributed by atoms with Crippen LogP contribution in [0.3, 0.4) is 0 Å². The van der Waals surface area contributed by atoms with Gasteiger partial charge in [-0.15, -0.1) is 0 Å². The maximum atomic E-state index is 10.6. The fraction of sp³-hybridized carbons (Fsp3) is 0.240. The lowest BCUT2D eigenvalue weighted by Crippen LogP contribution is -2.29. The van der Waals surface area contributed by atoms with Gasteiger partial charge in [-0.05, 0) is 36.4 Å². The quantitative estimate of drug-likeness (QED) is 0.388. The summed E-state index contributed by atoms with van der Waals surface area (Å²) in [5, 5.41) is 20.9. The number of aromatic nitrogens is 1. The van der Waals surface area contributed by atoms with Gasteiger partial charge in [0.25, 0.3) is 0 Å². The van der Waals surface area contributed by atoms with Crippen molar-refractivity contribution < 1.29 is 19.7 Å². The normalized spacial score (nSPS) is 13.8. The molecule has 0 fully saturated rings. The summed E-state index contributed by atoms with van der Waals surface area (Å²) in [5.74, 6) is 1.43. The first-order valence-electron chi connectivity index (χ1n) is 10.5. The van der Waals surface area contributed by atoms with Crippen LogP contribution in [0.4, 0.5) is 0 Å². The maximum absolute atomic E-state index is 10.6. The molecule has 0 bridgehead atoms. The molecule has 0 amide bonds. The van der Waals surface area contributed by atoms with Crippen molar-refractivity contribution >= 4 is 21.6 Å². The van der Waals surface area contributed by atoms with Crippen LogP contribution in [0.15, 0.2) is 89.9 Å². The van der Waals surface area contributed by atoms with Crippen LogP contribution in [0.5, 0.6) is 11.5 Å². The zero-order valence-electron chi connectivity index (χ0n) is 17.6. The average Bonchev–Trinajstić information content (AvgIpc) is 3.18. The number of ether oxygens (including phenoxy) is 2. The smallest absolute Gasteiger partial charge is 0.185 e. The van der Waals surface area contributed by atoms with Crippen LogP contribution < -0.4 is 14.3 Å². The molecular weight excluding hydrogens is 424 g/mol. The van der Waals surface area contributed by atoms with Crippen LogP contribution in [0.25, 0.3) is 10.2 Å². The molecule has 2 atom stereocenters. The van der Waals surface area contributed by atoms with Gasteiger partial charge in [-0.1, -0.05) is 59.9 Å². The number of fused-ring (bicyclic) bond motifs is 1. The molecule has 166 valence electrons. The SMILES string of the molecule is O[C@H](CN=c1sc2ccccc2n1C[C@@H](O)COc1ccccc1)COc1ccccc1. The summed E-state index contributed by atoms with van der Waals surface area (Å²) in [7, 11) is 0. The van der Waals surface area contributed by atoms with Crippen LogP contribution in [-0.4, -0.2) is 46.7 Å². The molecule has 4 aromatic rings. The van der Waals surface area contributed by atoms with Crippen molar-refractivity contribution in [2.75, 3.05) is 19.8 Å². The minimum atomic E-state index is -0.736. The van der Waals surface area contributed by atoms with Crippen molar-refractivity contribution in [3.63, 3.8) is 0 Å². The number of hydrogen-bond donors (Lipinski definition) is 2. The Morgan fingerprint density at radius 2 is 1.31 bits per heavy atom. The van der Waals surface area contributed by atoms with Gasteiger partial charge < -0.3 is 24.3 Å². The van der Waals surface area contributed by atoms with Crippen molar-refractivity contribution in [3.8, 4) is 11.5 Å². The molecule has 0 aliphatic carbocycles. The first kappa shape index (κ1) is 22.1. The topological polar surface area (TPSA) is 76.2 Å². The predicted molar refractivity (Wildman–Crippen MR) is 126 cm³/mol. The Labute approximate surface area is 190 Å². The molecule has 4 rings (SSSR count). The van der Waals surface area contributed by atoms with Gasteiger partial charge in [0.2, 0.25) is 0 Å². The minimum Gasteiger partial charge on any atom is -0.491 e. The number of aliphatic hydroxyl groups is 2. The molecule has 1 heterocycles. The van der Waals surface area contributed by atoms with E-state index < -0.39 is 12.2 Å². The maximum Gasteiger partial charge on any atom is 0.185 e. The molecule has 0 aliphatic heterocycles. The van der Waals surface area contributed by atoms with Crippen molar-refractivity contribution in [3.05, 3.63) is 89.7 Å². The summed E-state index contributed by atoms with van der Waals surface area (Å²) in [4.78, 5) is 5.37. The second-order valence-corrected chi connectivity index (χ2v) is 8.37. The largest absolute Gasteiger partial charge is 0.491 e. The number of rotatable bonds is 10. The summed E-state index contributed by atoms with van der Waals surface area (Å²) in [6.07, 6.45) is -1.45. The Bertz CT molecular complexity index is 1170. The monoisotopic (exact) mass is 450 g/mol. The molecule has 0 spiro atoms. The van der Waals surface area contributed by atoms with Gasteiger partial charge in [0, 0.05) is 0 Å². The highest BCUT2D eigenvalue weighted by molar-refractivity contribution is 7.16. The molecule has 0 aliphatic rings. The molecule has 1 aromatic heterocycles. The van der Waals surface area contributed by atoms with Crippen LogP contribution in [0.2, 0.25) is 0 Å². The van der Waals surface area contributed by atoms with Crippen LogP contribution in [0.1, 0.15) is 0 Å². The van der Waals surface area contributed by atoms with E-state index in [-0.39, 0.29) is 19.8 Å². The number of thiazole rings is 1. The molecule has 3 aromatic carbocycles. The highest BCUT2D eigenvalue weighted by atomic mass is 32.1. The van der Waals surface area contributed by atoms with Gasteiger partial charge in [-0.25, -0.2) is 0 Å². The molecule has 0 saturated heterocycles. The van der Waals surface area contributed by atoms with Crippen LogP contribution in [0, 0.1) is 0 Å². The first-order valence-corrected chi connectivity index (χ1v) is 11.3. The molecular formula is C25H26N2O4S. The van der Waals surface area contributed by atoms with E-state index in [0.29, 0.717) is 12.3 Å². The van der Waals surface area contributed by atoms with E-state index in [1.54, 1.807) is 0 Å². The fourth-order valence-electron chi connectivity index (χ4n) is 3.23. The zero-order chi connectivity index (χ0) is 22.2. The van der Waals surface area contributed by atoms with Crippen LogP contribution >= 0.6 is 11.3 Å². The van der Waals surface area contributed by atoms with Crippen LogP contribution in [-0.2, 0) is 6.54 Å². The lowest BCUT2D eigenvalue weighted by molar-refractivity contribution is 0.0925. The number of nitrogens with zero attached hydrogens (tertiary/aromatic N) is 2. The molecule has 6 nitrogen and oxygen atoms in total. The van der Waals surface area contributed by atoms with Gasteiger partial charge in [-0.3, -0.25) is 4.99 Å². The first-order chi connectivity index (χ1) is 15.7. The van der Waals surface area contributed by atoms with E-state index in [4.69, 9.17) is 9.47 Å². The van der Waals surface area contributed by atoms with Crippen molar-refractivity contribution in [1.29, 1.82) is 0 Å². The Morgan fingerprint density at radius 3 is 1.97 bits per heavy atom. The van der Waals surface area contributed by atoms with Gasteiger partial charge in [0.15, 0.2) is 4.80 Å². The van der Waals surface area contributed by atoms with E-state index in [0.717, 1.165) is 20.8 Å². The number of aliphatic hydroxyl groups excluding tert-OH is 2. The fourth-order valence-corrected chi connectivity index (χ4v) is 4.28. The molecule has 7 heteroatoms. The number of benzene rings is 3. The summed E-state index contributed by atoms with van der Waals surface area (Å²) in [5.41, 5.74) is 0.991. The summed E-state index contributed by atoms with van der Waals surface area (Å²) < 4.78 is 14.4. The summed E-state index contributed by atoms with van der Waals surface area (Å²) in [6, 6.07) is 26.8. The second kappa shape index (κ2) is 10.9. The van der Waals surface area contributed by atoms with E-state index in [9.17, 15) is 10.2 Å². The minimum absolute atomic E-state index is 0.159. The van der Waals surface area contributed by atoms with Crippen molar-refractivity contribution in [1.82, 2.24) is 4.57 Å². The third kappa shape index (κ3) is 5.97. The molecule has 0 unspecified atom stereocenters. The molecule has 2 N–H and O–H groups in total. The highest BCUT2D eigenvalue weighted by Crippen LogP contribution is 2.17. The van der Waals surface area contributed by atoms with E-state index in [2.05, 4.69) is 4.99 Å². The highest BCUT2D eigenvalue weighted by Gasteiger charge is 2.13.